The summed E-state index contributed by atoms with van der Waals surface area (Å²) in [4.78, 5) is 7.11. The molecule has 108 valence electrons. The predicted octanol–water partition coefficient (Wildman–Crippen LogP) is 2.42. The van der Waals surface area contributed by atoms with Gasteiger partial charge in [-0.1, -0.05) is 0 Å². The third-order valence-corrected chi connectivity index (χ3v) is 5.09. The number of rotatable bonds is 4. The largest absolute Gasteiger partial charge is 0.374 e. The van der Waals surface area contributed by atoms with Gasteiger partial charge in [-0.25, -0.2) is 4.98 Å². The minimum atomic E-state index is 0.0783. The van der Waals surface area contributed by atoms with E-state index in [1.165, 1.54) is 5.56 Å². The number of hydrogen-bond acceptors (Lipinski definition) is 6. The highest BCUT2D eigenvalue weighted by atomic mass is 32.1. The zero-order valence-corrected chi connectivity index (χ0v) is 13.1. The Morgan fingerprint density at radius 3 is 3.20 bits per heavy atom. The van der Waals surface area contributed by atoms with Gasteiger partial charge in [0.1, 0.15) is 5.01 Å². The van der Waals surface area contributed by atoms with Crippen molar-refractivity contribution in [2.24, 2.45) is 5.73 Å². The molecule has 20 heavy (non-hydrogen) atoms. The quantitative estimate of drug-likeness (QED) is 0.942. The summed E-state index contributed by atoms with van der Waals surface area (Å²) >= 11 is 3.42. The number of aromatic nitrogens is 1. The Hall–Kier alpha value is -0.790. The molecule has 6 heteroatoms. The number of ether oxygens (including phenoxy) is 1. The zero-order valence-electron chi connectivity index (χ0n) is 11.5. The number of nitrogens with zero attached hydrogens (tertiary/aromatic N) is 2. The van der Waals surface area contributed by atoms with Crippen LogP contribution in [0.4, 0.5) is 0 Å². The Kier molecular flexibility index (Phi) is 4.48. The number of thiazole rings is 1. The lowest BCUT2D eigenvalue weighted by molar-refractivity contribution is -0.0406. The van der Waals surface area contributed by atoms with E-state index in [1.54, 1.807) is 22.7 Å². The van der Waals surface area contributed by atoms with Crippen LogP contribution < -0.4 is 5.73 Å². The van der Waals surface area contributed by atoms with Crippen molar-refractivity contribution in [2.45, 2.75) is 25.6 Å². The van der Waals surface area contributed by atoms with Crippen LogP contribution >= 0.6 is 22.7 Å². The molecule has 2 atom stereocenters. The highest BCUT2D eigenvalue weighted by Crippen LogP contribution is 2.26. The maximum atomic E-state index is 5.93. The van der Waals surface area contributed by atoms with Gasteiger partial charge in [0, 0.05) is 42.0 Å². The number of thiophene rings is 1. The minimum absolute atomic E-state index is 0.0783. The molecular formula is C14H19N3OS2. The molecule has 3 rings (SSSR count). The fourth-order valence-electron chi connectivity index (χ4n) is 2.32. The fourth-order valence-corrected chi connectivity index (χ4v) is 3.84. The van der Waals surface area contributed by atoms with E-state index < -0.39 is 0 Å². The van der Waals surface area contributed by atoms with Gasteiger partial charge in [0.2, 0.25) is 0 Å². The van der Waals surface area contributed by atoms with E-state index in [9.17, 15) is 0 Å². The van der Waals surface area contributed by atoms with Crippen molar-refractivity contribution in [1.29, 1.82) is 0 Å². The van der Waals surface area contributed by atoms with E-state index in [-0.39, 0.29) is 12.1 Å². The number of hydrogen-bond donors (Lipinski definition) is 1. The highest BCUT2D eigenvalue weighted by Gasteiger charge is 2.23. The van der Waals surface area contributed by atoms with Gasteiger partial charge in [-0.05, 0) is 18.4 Å². The average Bonchev–Trinajstić information content (AvgIpc) is 3.09. The summed E-state index contributed by atoms with van der Waals surface area (Å²) < 4.78 is 5.69. The van der Waals surface area contributed by atoms with Gasteiger partial charge in [0.05, 0.1) is 18.4 Å². The standard InChI is InChI=1S/C14H19N3OS2/c1-10(15)13-7-17(3-4-18-13)6-12-9-20-14(16-12)11-2-5-19-8-11/h2,5,8-10,13H,3-4,6-7,15H2,1H3. The first-order valence-electron chi connectivity index (χ1n) is 6.79. The lowest BCUT2D eigenvalue weighted by Crippen LogP contribution is -2.49. The molecule has 0 saturated carbocycles. The van der Waals surface area contributed by atoms with Crippen molar-refractivity contribution in [1.82, 2.24) is 9.88 Å². The van der Waals surface area contributed by atoms with E-state index in [4.69, 9.17) is 15.5 Å². The smallest absolute Gasteiger partial charge is 0.124 e. The molecule has 0 aliphatic carbocycles. The van der Waals surface area contributed by atoms with Gasteiger partial charge in [-0.3, -0.25) is 4.90 Å². The van der Waals surface area contributed by atoms with E-state index >= 15 is 0 Å². The maximum Gasteiger partial charge on any atom is 0.124 e. The molecule has 1 aliphatic heterocycles. The second-order valence-electron chi connectivity index (χ2n) is 5.16. The van der Waals surface area contributed by atoms with Crippen LogP contribution in [0, 0.1) is 0 Å². The predicted molar refractivity (Wildman–Crippen MR) is 84.1 cm³/mol. The van der Waals surface area contributed by atoms with E-state index in [1.807, 2.05) is 6.92 Å². The van der Waals surface area contributed by atoms with Crippen LogP contribution in [0.15, 0.2) is 22.2 Å². The second kappa shape index (κ2) is 6.32. The lowest BCUT2D eigenvalue weighted by atomic mass is 10.1. The van der Waals surface area contributed by atoms with E-state index in [0.29, 0.717) is 0 Å². The van der Waals surface area contributed by atoms with E-state index in [2.05, 4.69) is 27.1 Å². The van der Waals surface area contributed by atoms with Crippen LogP contribution in [0.2, 0.25) is 0 Å². The van der Waals surface area contributed by atoms with Crippen molar-refractivity contribution in [3.05, 3.63) is 27.9 Å². The first-order chi connectivity index (χ1) is 9.72. The van der Waals surface area contributed by atoms with Gasteiger partial charge in [-0.2, -0.15) is 11.3 Å². The topological polar surface area (TPSA) is 51.4 Å². The SMILES string of the molecule is CC(N)C1CN(Cc2csc(-c3ccsc3)n2)CCO1. The normalized spacial score (nSPS) is 22.0. The van der Waals surface area contributed by atoms with Crippen molar-refractivity contribution in [2.75, 3.05) is 19.7 Å². The Morgan fingerprint density at radius 2 is 2.45 bits per heavy atom. The van der Waals surface area contributed by atoms with Crippen LogP contribution in [0.25, 0.3) is 10.6 Å². The molecular weight excluding hydrogens is 290 g/mol. The zero-order chi connectivity index (χ0) is 13.9. The van der Waals surface area contributed by atoms with Gasteiger partial charge in [0.25, 0.3) is 0 Å². The summed E-state index contributed by atoms with van der Waals surface area (Å²) in [5.74, 6) is 0. The molecule has 2 aromatic heterocycles. The van der Waals surface area contributed by atoms with Crippen molar-refractivity contribution in [3.8, 4) is 10.6 Å². The Labute approximate surface area is 127 Å². The Balaban J connectivity index is 1.63. The molecule has 1 saturated heterocycles. The first-order valence-corrected chi connectivity index (χ1v) is 8.61. The molecule has 0 bridgehead atoms. The van der Waals surface area contributed by atoms with Gasteiger partial charge < -0.3 is 10.5 Å². The number of nitrogens with two attached hydrogens (primary N) is 1. The summed E-state index contributed by atoms with van der Waals surface area (Å²) in [5, 5.41) is 7.50. The van der Waals surface area contributed by atoms with Gasteiger partial charge in [0.15, 0.2) is 0 Å². The molecule has 1 fully saturated rings. The molecule has 3 heterocycles. The van der Waals surface area contributed by atoms with E-state index in [0.717, 1.165) is 36.9 Å². The van der Waals surface area contributed by atoms with Crippen molar-refractivity contribution in [3.63, 3.8) is 0 Å². The van der Waals surface area contributed by atoms with Crippen LogP contribution in [0.3, 0.4) is 0 Å². The van der Waals surface area contributed by atoms with Crippen molar-refractivity contribution < 1.29 is 4.74 Å². The summed E-state index contributed by atoms with van der Waals surface area (Å²) in [7, 11) is 0. The number of morpholine rings is 1. The molecule has 2 unspecified atom stereocenters. The third-order valence-electron chi connectivity index (χ3n) is 3.47. The molecule has 1 aliphatic rings. The van der Waals surface area contributed by atoms with Gasteiger partial charge >= 0.3 is 0 Å². The average molecular weight is 309 g/mol. The maximum absolute atomic E-state index is 5.93. The molecule has 0 aromatic carbocycles. The summed E-state index contributed by atoms with van der Waals surface area (Å²) in [6.45, 7) is 5.49. The summed E-state index contributed by atoms with van der Waals surface area (Å²) in [5.41, 5.74) is 8.29. The molecule has 4 nitrogen and oxygen atoms in total. The third kappa shape index (κ3) is 3.27. The molecule has 2 N–H and O–H groups in total. The second-order valence-corrected chi connectivity index (χ2v) is 6.80. The first kappa shape index (κ1) is 14.2. The Morgan fingerprint density at radius 1 is 1.55 bits per heavy atom. The molecule has 0 radical (unpaired) electrons. The van der Waals surface area contributed by atoms with Gasteiger partial charge in [-0.15, -0.1) is 11.3 Å². The molecule has 2 aromatic rings. The van der Waals surface area contributed by atoms with Crippen LogP contribution in [0.1, 0.15) is 12.6 Å². The monoisotopic (exact) mass is 309 g/mol. The minimum Gasteiger partial charge on any atom is -0.374 e. The summed E-state index contributed by atoms with van der Waals surface area (Å²) in [6, 6.07) is 2.20. The molecule has 0 amide bonds. The summed E-state index contributed by atoms with van der Waals surface area (Å²) in [6.07, 6.45) is 0.138. The molecule has 0 spiro atoms. The fraction of sp³-hybridized carbons (Fsp3) is 0.500. The Bertz CT molecular complexity index is 538. The van der Waals surface area contributed by atoms with Crippen molar-refractivity contribution >= 4 is 22.7 Å². The van der Waals surface area contributed by atoms with Crippen LogP contribution in [0.5, 0.6) is 0 Å². The van der Waals surface area contributed by atoms with Crippen LogP contribution in [-0.2, 0) is 11.3 Å². The highest BCUT2D eigenvalue weighted by molar-refractivity contribution is 7.14. The van der Waals surface area contributed by atoms with Crippen LogP contribution in [-0.4, -0.2) is 41.7 Å². The lowest BCUT2D eigenvalue weighted by Gasteiger charge is -2.34.